The molecule has 0 amide bonds. The standard InChI is InChI=1S/C16H21BF4O3/c1-9(2)22-12-8-10(16(19,20)21)7-11(13(12)18)17-23-14(3,4)15(5,6)24-17/h7-9H,1-6H3. The van der Waals surface area contributed by atoms with Crippen molar-refractivity contribution in [2.45, 2.75) is 65.0 Å². The van der Waals surface area contributed by atoms with Gasteiger partial charge >= 0.3 is 13.3 Å². The first kappa shape index (κ1) is 19.1. The Morgan fingerprint density at radius 1 is 1.04 bits per heavy atom. The fraction of sp³-hybridized carbons (Fsp3) is 0.625. The van der Waals surface area contributed by atoms with Crippen LogP contribution >= 0.6 is 0 Å². The molecule has 1 aliphatic heterocycles. The zero-order valence-electron chi connectivity index (χ0n) is 14.5. The SMILES string of the molecule is CC(C)Oc1cc(C(F)(F)F)cc(B2OC(C)(C)C(C)(C)O2)c1F. The normalized spacial score (nSPS) is 19.9. The van der Waals surface area contributed by atoms with Crippen LogP contribution in [-0.4, -0.2) is 24.4 Å². The maximum atomic E-state index is 14.7. The molecule has 1 aromatic rings. The maximum absolute atomic E-state index is 14.7. The fourth-order valence-electron chi connectivity index (χ4n) is 2.26. The van der Waals surface area contributed by atoms with Crippen molar-refractivity contribution in [3.8, 4) is 5.75 Å². The highest BCUT2D eigenvalue weighted by atomic mass is 19.4. The largest absolute Gasteiger partial charge is 0.498 e. The predicted octanol–water partition coefficient (Wildman–Crippen LogP) is 3.93. The van der Waals surface area contributed by atoms with Crippen molar-refractivity contribution in [1.82, 2.24) is 0 Å². The Hall–Kier alpha value is -1.28. The van der Waals surface area contributed by atoms with Crippen LogP contribution in [0.1, 0.15) is 47.1 Å². The van der Waals surface area contributed by atoms with Gasteiger partial charge in [-0.15, -0.1) is 0 Å². The fourth-order valence-corrected chi connectivity index (χ4v) is 2.26. The summed E-state index contributed by atoms with van der Waals surface area (Å²) in [5.74, 6) is -1.38. The smallest absolute Gasteiger partial charge is 0.488 e. The molecule has 0 spiro atoms. The summed E-state index contributed by atoms with van der Waals surface area (Å²) in [5.41, 5.74) is -2.92. The minimum Gasteiger partial charge on any atom is -0.488 e. The van der Waals surface area contributed by atoms with Crippen molar-refractivity contribution in [3.63, 3.8) is 0 Å². The lowest BCUT2D eigenvalue weighted by Crippen LogP contribution is -2.41. The summed E-state index contributed by atoms with van der Waals surface area (Å²) in [6.07, 6.45) is -5.12. The second-order valence-corrected chi connectivity index (χ2v) is 7.13. The molecule has 0 aromatic heterocycles. The molecule has 0 bridgehead atoms. The molecular formula is C16H21BF4O3. The van der Waals surface area contributed by atoms with Crippen molar-refractivity contribution >= 4 is 12.6 Å². The molecule has 1 saturated heterocycles. The molecule has 1 aliphatic rings. The van der Waals surface area contributed by atoms with E-state index in [9.17, 15) is 17.6 Å². The number of rotatable bonds is 3. The lowest BCUT2D eigenvalue weighted by molar-refractivity contribution is -0.137. The predicted molar refractivity (Wildman–Crippen MR) is 82.9 cm³/mol. The summed E-state index contributed by atoms with van der Waals surface area (Å²) in [4.78, 5) is 0. The molecule has 1 fully saturated rings. The minimum atomic E-state index is -4.64. The number of hydrogen-bond acceptors (Lipinski definition) is 3. The highest BCUT2D eigenvalue weighted by Crippen LogP contribution is 2.38. The van der Waals surface area contributed by atoms with Crippen molar-refractivity contribution < 1.29 is 31.6 Å². The van der Waals surface area contributed by atoms with Gasteiger partial charge in [-0.1, -0.05) is 0 Å². The summed E-state index contributed by atoms with van der Waals surface area (Å²) in [6, 6.07) is 1.37. The Morgan fingerprint density at radius 2 is 1.54 bits per heavy atom. The lowest BCUT2D eigenvalue weighted by atomic mass is 9.77. The summed E-state index contributed by atoms with van der Waals surface area (Å²) in [7, 11) is -1.24. The average Bonchev–Trinajstić information content (AvgIpc) is 2.58. The van der Waals surface area contributed by atoms with Crippen LogP contribution in [0.4, 0.5) is 17.6 Å². The maximum Gasteiger partial charge on any atom is 0.498 e. The summed E-state index contributed by atoms with van der Waals surface area (Å²) >= 11 is 0. The molecule has 2 rings (SSSR count). The third kappa shape index (κ3) is 3.54. The Labute approximate surface area is 139 Å². The van der Waals surface area contributed by atoms with Crippen LogP contribution in [0.3, 0.4) is 0 Å². The highest BCUT2D eigenvalue weighted by molar-refractivity contribution is 6.62. The Morgan fingerprint density at radius 3 is 1.96 bits per heavy atom. The third-order valence-electron chi connectivity index (χ3n) is 4.26. The van der Waals surface area contributed by atoms with Gasteiger partial charge in [0.05, 0.1) is 22.9 Å². The van der Waals surface area contributed by atoms with Crippen molar-refractivity contribution in [1.29, 1.82) is 0 Å². The number of benzene rings is 1. The number of ether oxygens (including phenoxy) is 1. The first-order valence-electron chi connectivity index (χ1n) is 7.67. The van der Waals surface area contributed by atoms with Crippen LogP contribution in [-0.2, 0) is 15.5 Å². The molecule has 0 atom stereocenters. The molecule has 1 aromatic carbocycles. The quantitative estimate of drug-likeness (QED) is 0.612. The first-order chi connectivity index (χ1) is 10.7. The average molecular weight is 348 g/mol. The van der Waals surface area contributed by atoms with E-state index in [1.165, 1.54) is 0 Å². The third-order valence-corrected chi connectivity index (χ3v) is 4.26. The van der Waals surface area contributed by atoms with Gasteiger partial charge in [-0.25, -0.2) is 4.39 Å². The first-order valence-corrected chi connectivity index (χ1v) is 7.67. The summed E-state index contributed by atoms with van der Waals surface area (Å²) in [5, 5.41) is 0. The molecule has 3 nitrogen and oxygen atoms in total. The molecule has 0 N–H and O–H groups in total. The van der Waals surface area contributed by atoms with Crippen LogP contribution < -0.4 is 10.2 Å². The number of hydrogen-bond donors (Lipinski definition) is 0. The van der Waals surface area contributed by atoms with Gasteiger partial charge in [-0.3, -0.25) is 0 Å². The monoisotopic (exact) mass is 348 g/mol. The van der Waals surface area contributed by atoms with Gasteiger partial charge < -0.3 is 14.0 Å². The van der Waals surface area contributed by atoms with Crippen molar-refractivity contribution in [2.24, 2.45) is 0 Å². The van der Waals surface area contributed by atoms with E-state index in [0.29, 0.717) is 12.1 Å². The van der Waals surface area contributed by atoms with Gasteiger partial charge in [0, 0.05) is 5.46 Å². The van der Waals surface area contributed by atoms with Crippen molar-refractivity contribution in [3.05, 3.63) is 23.5 Å². The van der Waals surface area contributed by atoms with Gasteiger partial charge in [0.15, 0.2) is 11.6 Å². The van der Waals surface area contributed by atoms with E-state index in [4.69, 9.17) is 14.0 Å². The summed E-state index contributed by atoms with van der Waals surface area (Å²) < 4.78 is 70.7. The van der Waals surface area contributed by atoms with Gasteiger partial charge in [-0.2, -0.15) is 13.2 Å². The zero-order valence-corrected chi connectivity index (χ0v) is 14.5. The van der Waals surface area contributed by atoms with Crippen LogP contribution in [0.15, 0.2) is 12.1 Å². The molecule has 0 aliphatic carbocycles. The molecule has 0 unspecified atom stereocenters. The molecule has 0 radical (unpaired) electrons. The van der Waals surface area contributed by atoms with Gasteiger partial charge in [0.2, 0.25) is 0 Å². The van der Waals surface area contributed by atoms with Gasteiger partial charge in [0.1, 0.15) is 0 Å². The molecule has 0 saturated carbocycles. The van der Waals surface area contributed by atoms with Crippen LogP contribution in [0.25, 0.3) is 0 Å². The van der Waals surface area contributed by atoms with Crippen molar-refractivity contribution in [2.75, 3.05) is 0 Å². The topological polar surface area (TPSA) is 27.7 Å². The molecule has 1 heterocycles. The van der Waals surface area contributed by atoms with Crippen LogP contribution in [0, 0.1) is 5.82 Å². The van der Waals surface area contributed by atoms with E-state index in [2.05, 4.69) is 0 Å². The van der Waals surface area contributed by atoms with Crippen LogP contribution in [0.5, 0.6) is 5.75 Å². The van der Waals surface area contributed by atoms with E-state index in [-0.39, 0.29) is 5.46 Å². The molecule has 134 valence electrons. The zero-order chi connectivity index (χ0) is 18.5. The number of halogens is 4. The van der Waals surface area contributed by atoms with E-state index in [0.717, 1.165) is 0 Å². The highest BCUT2D eigenvalue weighted by Gasteiger charge is 2.53. The minimum absolute atomic E-state index is 0.320. The van der Waals surface area contributed by atoms with E-state index < -0.39 is 47.7 Å². The van der Waals surface area contributed by atoms with E-state index in [1.54, 1.807) is 41.5 Å². The Balaban J connectivity index is 2.53. The Bertz CT molecular complexity index is 610. The molecule has 8 heteroatoms. The van der Waals surface area contributed by atoms with E-state index in [1.807, 2.05) is 0 Å². The number of alkyl halides is 3. The Kier molecular flexibility index (Phi) is 4.69. The summed E-state index contributed by atoms with van der Waals surface area (Å²) in [6.45, 7) is 10.2. The molecule has 24 heavy (non-hydrogen) atoms. The molecular weight excluding hydrogens is 327 g/mol. The lowest BCUT2D eigenvalue weighted by Gasteiger charge is -2.32. The van der Waals surface area contributed by atoms with Crippen LogP contribution in [0.2, 0.25) is 0 Å². The second kappa shape index (κ2) is 5.91. The van der Waals surface area contributed by atoms with Gasteiger partial charge in [0.25, 0.3) is 0 Å². The second-order valence-electron chi connectivity index (χ2n) is 7.13. The van der Waals surface area contributed by atoms with E-state index >= 15 is 0 Å². The van der Waals surface area contributed by atoms with Gasteiger partial charge in [-0.05, 0) is 53.7 Å².